The molecule has 2 unspecified atom stereocenters. The minimum atomic E-state index is -4.25. The Hall–Kier alpha value is -0.630. The maximum atomic E-state index is 11.9. The molecule has 0 aromatic carbocycles. The monoisotopic (exact) mass is 327 g/mol. The van der Waals surface area contributed by atoms with Crippen LogP contribution in [0.3, 0.4) is 0 Å². The highest BCUT2D eigenvalue weighted by atomic mass is 32.2. The summed E-state index contributed by atoms with van der Waals surface area (Å²) in [5.74, 6) is 0.706. The average molecular weight is 327 g/mol. The fraction of sp³-hybridized carbons (Fsp3) is 0.923. The zero-order valence-corrected chi connectivity index (χ0v) is 13.3. The molecule has 0 aliphatic heterocycles. The van der Waals surface area contributed by atoms with Gasteiger partial charge in [0.15, 0.2) is 5.96 Å². The van der Waals surface area contributed by atoms with Gasteiger partial charge in [0.25, 0.3) is 0 Å². The van der Waals surface area contributed by atoms with Crippen LogP contribution in [-0.2, 0) is 4.74 Å². The molecule has 0 radical (unpaired) electrons. The van der Waals surface area contributed by atoms with Crippen LogP contribution >= 0.6 is 11.8 Å². The van der Waals surface area contributed by atoms with Crippen molar-refractivity contribution in [3.63, 3.8) is 0 Å². The Morgan fingerprint density at radius 3 is 2.71 bits per heavy atom. The van der Waals surface area contributed by atoms with Gasteiger partial charge in [0.1, 0.15) is 6.61 Å². The summed E-state index contributed by atoms with van der Waals surface area (Å²) >= 11 is 1.89. The molecule has 0 saturated heterocycles. The molecule has 0 heterocycles. The number of hydrogen-bond donors (Lipinski definition) is 2. The summed E-state index contributed by atoms with van der Waals surface area (Å²) in [6, 6.07) is 0.426. The van der Waals surface area contributed by atoms with Gasteiger partial charge >= 0.3 is 6.18 Å². The van der Waals surface area contributed by atoms with Gasteiger partial charge in [-0.2, -0.15) is 24.9 Å². The van der Waals surface area contributed by atoms with Gasteiger partial charge in [-0.25, -0.2) is 0 Å². The average Bonchev–Trinajstić information content (AvgIpc) is 2.87. The van der Waals surface area contributed by atoms with Crippen LogP contribution in [0.1, 0.15) is 25.7 Å². The van der Waals surface area contributed by atoms with E-state index < -0.39 is 12.8 Å². The molecule has 0 spiro atoms. The van der Waals surface area contributed by atoms with Gasteiger partial charge in [-0.05, 0) is 31.9 Å². The Labute approximate surface area is 128 Å². The van der Waals surface area contributed by atoms with Gasteiger partial charge in [0.05, 0.1) is 0 Å². The highest BCUT2D eigenvalue weighted by Crippen LogP contribution is 2.27. The van der Waals surface area contributed by atoms with Crippen molar-refractivity contribution in [1.82, 2.24) is 10.6 Å². The molecule has 1 fully saturated rings. The lowest BCUT2D eigenvalue weighted by Crippen LogP contribution is -2.43. The first-order valence-corrected chi connectivity index (χ1v) is 8.38. The molecule has 1 aliphatic carbocycles. The predicted molar refractivity (Wildman–Crippen MR) is 80.9 cm³/mol. The Balaban J connectivity index is 2.09. The van der Waals surface area contributed by atoms with Crippen LogP contribution < -0.4 is 10.6 Å². The molecule has 0 bridgehead atoms. The largest absolute Gasteiger partial charge is 0.411 e. The lowest BCUT2D eigenvalue weighted by atomic mass is 10.2. The molecule has 0 aromatic heterocycles. The fourth-order valence-corrected chi connectivity index (χ4v) is 3.04. The number of hydrogen-bond acceptors (Lipinski definition) is 3. The van der Waals surface area contributed by atoms with Gasteiger partial charge < -0.3 is 15.4 Å². The number of rotatable bonds is 7. The smallest absolute Gasteiger partial charge is 0.372 e. The van der Waals surface area contributed by atoms with Crippen LogP contribution in [-0.4, -0.2) is 56.5 Å². The second-order valence-corrected chi connectivity index (χ2v) is 6.17. The molecule has 1 aliphatic rings. The van der Waals surface area contributed by atoms with Crippen LogP contribution in [0.15, 0.2) is 4.99 Å². The Morgan fingerprint density at radius 1 is 1.38 bits per heavy atom. The SMILES string of the molecule is CN=C(NCCCOCC(F)(F)F)NC1CCC(SC)C1. The number of nitrogens with one attached hydrogen (secondary N) is 2. The molecule has 0 aromatic rings. The summed E-state index contributed by atoms with van der Waals surface area (Å²) in [7, 11) is 1.69. The van der Waals surface area contributed by atoms with Crippen molar-refractivity contribution < 1.29 is 17.9 Å². The summed E-state index contributed by atoms with van der Waals surface area (Å²) in [6.45, 7) is -0.560. The van der Waals surface area contributed by atoms with E-state index in [9.17, 15) is 13.2 Å². The first-order chi connectivity index (χ1) is 9.94. The van der Waals surface area contributed by atoms with Gasteiger partial charge in [0, 0.05) is 31.5 Å². The standard InChI is InChI=1S/C13H24F3N3OS/c1-17-12(19-10-4-5-11(8-10)21-2)18-6-3-7-20-9-13(14,15)16/h10-11H,3-9H2,1-2H3,(H2,17,18,19). The predicted octanol–water partition coefficient (Wildman–Crippen LogP) is 2.40. The fourth-order valence-electron chi connectivity index (χ4n) is 2.24. The molecule has 21 heavy (non-hydrogen) atoms. The van der Waals surface area contributed by atoms with E-state index in [1.165, 1.54) is 6.42 Å². The molecular weight excluding hydrogens is 303 g/mol. The highest BCUT2D eigenvalue weighted by Gasteiger charge is 2.27. The molecule has 2 N–H and O–H groups in total. The maximum absolute atomic E-state index is 11.9. The zero-order valence-electron chi connectivity index (χ0n) is 12.5. The van der Waals surface area contributed by atoms with Crippen LogP contribution in [0.5, 0.6) is 0 Å². The molecular formula is C13H24F3N3OS. The quantitative estimate of drug-likeness (QED) is 0.428. The molecule has 0 amide bonds. The molecule has 4 nitrogen and oxygen atoms in total. The molecule has 1 rings (SSSR count). The van der Waals surface area contributed by atoms with Crippen molar-refractivity contribution >= 4 is 17.7 Å². The summed E-state index contributed by atoms with van der Waals surface area (Å²) in [4.78, 5) is 4.13. The van der Waals surface area contributed by atoms with E-state index in [4.69, 9.17) is 0 Å². The summed E-state index contributed by atoms with van der Waals surface area (Å²) in [6.07, 6.45) is 1.84. The number of thioether (sulfide) groups is 1. The third-order valence-corrected chi connectivity index (χ3v) is 4.40. The van der Waals surface area contributed by atoms with Gasteiger partial charge in [-0.1, -0.05) is 0 Å². The van der Waals surface area contributed by atoms with Crippen LogP contribution in [0.2, 0.25) is 0 Å². The van der Waals surface area contributed by atoms with E-state index in [2.05, 4.69) is 26.6 Å². The van der Waals surface area contributed by atoms with E-state index >= 15 is 0 Å². The summed E-state index contributed by atoms with van der Waals surface area (Å²) in [5, 5.41) is 7.15. The van der Waals surface area contributed by atoms with Crippen molar-refractivity contribution in [2.45, 2.75) is 43.2 Å². The molecule has 8 heteroatoms. The van der Waals surface area contributed by atoms with Crippen molar-refractivity contribution in [1.29, 1.82) is 0 Å². The minimum Gasteiger partial charge on any atom is -0.372 e. The Morgan fingerprint density at radius 2 is 2.14 bits per heavy atom. The van der Waals surface area contributed by atoms with Crippen LogP contribution in [0.25, 0.3) is 0 Å². The van der Waals surface area contributed by atoms with Crippen molar-refractivity contribution in [2.75, 3.05) is 33.1 Å². The van der Waals surface area contributed by atoms with E-state index in [0.717, 1.165) is 12.8 Å². The van der Waals surface area contributed by atoms with E-state index in [1.54, 1.807) is 7.05 Å². The zero-order chi connectivity index (χ0) is 15.7. The number of aliphatic imine (C=N–C) groups is 1. The third kappa shape index (κ3) is 8.40. The van der Waals surface area contributed by atoms with Gasteiger partial charge in [-0.3, -0.25) is 4.99 Å². The molecule has 1 saturated carbocycles. The molecule has 2 atom stereocenters. The minimum absolute atomic E-state index is 0.0848. The first-order valence-electron chi connectivity index (χ1n) is 7.09. The Bertz CT molecular complexity index is 326. The highest BCUT2D eigenvalue weighted by molar-refractivity contribution is 7.99. The van der Waals surface area contributed by atoms with Crippen LogP contribution in [0.4, 0.5) is 13.2 Å². The van der Waals surface area contributed by atoms with Crippen molar-refractivity contribution in [3.8, 4) is 0 Å². The molecule has 124 valence electrons. The lowest BCUT2D eigenvalue weighted by molar-refractivity contribution is -0.173. The van der Waals surface area contributed by atoms with Gasteiger partial charge in [-0.15, -0.1) is 0 Å². The van der Waals surface area contributed by atoms with Gasteiger partial charge in [0.2, 0.25) is 0 Å². The second-order valence-electron chi connectivity index (χ2n) is 5.03. The summed E-state index contributed by atoms with van der Waals surface area (Å²) in [5.41, 5.74) is 0. The van der Waals surface area contributed by atoms with E-state index in [0.29, 0.717) is 30.2 Å². The number of nitrogens with zero attached hydrogens (tertiary/aromatic N) is 1. The Kier molecular flexibility index (Phi) is 8.24. The van der Waals surface area contributed by atoms with Crippen molar-refractivity contribution in [2.24, 2.45) is 4.99 Å². The van der Waals surface area contributed by atoms with Crippen molar-refractivity contribution in [3.05, 3.63) is 0 Å². The number of guanidine groups is 1. The number of halogens is 3. The lowest BCUT2D eigenvalue weighted by Gasteiger charge is -2.17. The van der Waals surface area contributed by atoms with E-state index in [-0.39, 0.29) is 6.61 Å². The maximum Gasteiger partial charge on any atom is 0.411 e. The normalized spacial score (nSPS) is 23.4. The van der Waals surface area contributed by atoms with E-state index in [1.807, 2.05) is 11.8 Å². The number of alkyl halides is 3. The third-order valence-electron chi connectivity index (χ3n) is 3.31. The number of ether oxygens (including phenoxy) is 1. The summed E-state index contributed by atoms with van der Waals surface area (Å²) < 4.78 is 40.1. The second kappa shape index (κ2) is 9.40. The van der Waals surface area contributed by atoms with Crippen LogP contribution in [0, 0.1) is 0 Å². The first kappa shape index (κ1) is 18.4. The topological polar surface area (TPSA) is 45.7 Å².